The summed E-state index contributed by atoms with van der Waals surface area (Å²) in [5, 5.41) is 5.42. The van der Waals surface area contributed by atoms with Gasteiger partial charge in [-0.15, -0.1) is 0 Å². The highest BCUT2D eigenvalue weighted by atomic mass is 32.1. The van der Waals surface area contributed by atoms with Crippen LogP contribution in [0.4, 0.5) is 0 Å². The summed E-state index contributed by atoms with van der Waals surface area (Å²) in [5.74, 6) is 0. The Morgan fingerprint density at radius 3 is 2.75 bits per heavy atom. The lowest BCUT2D eigenvalue weighted by atomic mass is 10.0. The molecule has 3 aromatic rings. The fourth-order valence-electron chi connectivity index (χ4n) is 2.15. The summed E-state index contributed by atoms with van der Waals surface area (Å²) in [6.45, 7) is 6.18. The van der Waals surface area contributed by atoms with Gasteiger partial charge in [0.05, 0.1) is 0 Å². The molecule has 1 aromatic carbocycles. The Labute approximate surface area is 121 Å². The number of aromatic nitrogens is 3. The van der Waals surface area contributed by atoms with Crippen molar-refractivity contribution in [1.29, 1.82) is 0 Å². The molecule has 0 unspecified atom stereocenters. The maximum Gasteiger partial charge on any atom is 0.213 e. The molecule has 0 spiro atoms. The number of hydrogen-bond donors (Lipinski definition) is 0. The summed E-state index contributed by atoms with van der Waals surface area (Å²) >= 11 is 1.53. The standard InChI is InChI=1S/C15H15N3OS/c1-4-13-17-18-12(8-19)14(16-15(18)20-13)11-6-5-9(2)10(3)7-11/h5-8H,4H2,1-3H3. The van der Waals surface area contributed by atoms with Crippen molar-refractivity contribution in [3.63, 3.8) is 0 Å². The third kappa shape index (κ3) is 1.94. The van der Waals surface area contributed by atoms with E-state index >= 15 is 0 Å². The Bertz CT molecular complexity index is 801. The first-order valence-corrected chi connectivity index (χ1v) is 7.37. The number of hydrogen-bond acceptors (Lipinski definition) is 4. The lowest BCUT2D eigenvalue weighted by Crippen LogP contribution is -1.95. The van der Waals surface area contributed by atoms with Crippen LogP contribution in [-0.2, 0) is 6.42 Å². The Hall–Kier alpha value is -2.01. The minimum Gasteiger partial charge on any atom is -0.296 e. The quantitative estimate of drug-likeness (QED) is 0.692. The number of aldehydes is 1. The molecule has 0 radical (unpaired) electrons. The van der Waals surface area contributed by atoms with Crippen molar-refractivity contribution in [2.45, 2.75) is 27.2 Å². The Kier molecular flexibility index (Phi) is 3.14. The van der Waals surface area contributed by atoms with Gasteiger partial charge in [-0.2, -0.15) is 9.61 Å². The molecule has 2 aromatic heterocycles. The van der Waals surface area contributed by atoms with Crippen LogP contribution < -0.4 is 0 Å². The number of benzene rings is 1. The normalized spacial score (nSPS) is 11.2. The molecular weight excluding hydrogens is 270 g/mol. The summed E-state index contributed by atoms with van der Waals surface area (Å²) < 4.78 is 1.65. The highest BCUT2D eigenvalue weighted by Crippen LogP contribution is 2.27. The second kappa shape index (κ2) is 4.83. The first kappa shape index (κ1) is 13.0. The third-order valence-electron chi connectivity index (χ3n) is 3.47. The number of rotatable bonds is 3. The highest BCUT2D eigenvalue weighted by Gasteiger charge is 2.17. The predicted octanol–water partition coefficient (Wildman–Crippen LogP) is 3.45. The summed E-state index contributed by atoms with van der Waals surface area (Å²) in [4.78, 5) is 16.8. The average molecular weight is 285 g/mol. The molecule has 0 fully saturated rings. The molecule has 0 atom stereocenters. The van der Waals surface area contributed by atoms with Gasteiger partial charge >= 0.3 is 0 Å². The van der Waals surface area contributed by atoms with E-state index in [1.807, 2.05) is 13.0 Å². The molecule has 0 saturated heterocycles. The zero-order valence-corrected chi connectivity index (χ0v) is 12.5. The maximum atomic E-state index is 11.4. The molecule has 0 aliphatic rings. The van der Waals surface area contributed by atoms with E-state index in [-0.39, 0.29) is 0 Å². The Morgan fingerprint density at radius 1 is 1.30 bits per heavy atom. The first-order chi connectivity index (χ1) is 9.63. The Balaban J connectivity index is 2.22. The van der Waals surface area contributed by atoms with Crippen molar-refractivity contribution < 1.29 is 4.79 Å². The van der Waals surface area contributed by atoms with E-state index in [1.165, 1.54) is 22.5 Å². The first-order valence-electron chi connectivity index (χ1n) is 6.55. The summed E-state index contributed by atoms with van der Waals surface area (Å²) in [5.41, 5.74) is 4.63. The molecule has 0 aliphatic heterocycles. The largest absolute Gasteiger partial charge is 0.296 e. The second-order valence-corrected chi connectivity index (χ2v) is 5.85. The van der Waals surface area contributed by atoms with Gasteiger partial charge in [-0.3, -0.25) is 4.79 Å². The highest BCUT2D eigenvalue weighted by molar-refractivity contribution is 7.16. The molecule has 20 heavy (non-hydrogen) atoms. The summed E-state index contributed by atoms with van der Waals surface area (Å²) in [6, 6.07) is 6.12. The molecule has 0 N–H and O–H groups in total. The van der Waals surface area contributed by atoms with Crippen molar-refractivity contribution in [1.82, 2.24) is 14.6 Å². The van der Waals surface area contributed by atoms with E-state index in [9.17, 15) is 4.79 Å². The molecule has 102 valence electrons. The third-order valence-corrected chi connectivity index (χ3v) is 4.53. The van der Waals surface area contributed by atoms with Gasteiger partial charge in [-0.25, -0.2) is 4.98 Å². The predicted molar refractivity (Wildman–Crippen MR) is 80.5 cm³/mol. The molecule has 0 amide bonds. The molecule has 0 bridgehead atoms. The van der Waals surface area contributed by atoms with Crippen LogP contribution in [0.25, 0.3) is 16.2 Å². The average Bonchev–Trinajstić information content (AvgIpc) is 2.98. The molecule has 0 aliphatic carbocycles. The minimum absolute atomic E-state index is 0.527. The summed E-state index contributed by atoms with van der Waals surface area (Å²) in [6.07, 6.45) is 1.69. The van der Waals surface area contributed by atoms with Gasteiger partial charge in [0.25, 0.3) is 0 Å². The molecule has 5 heteroatoms. The van der Waals surface area contributed by atoms with Gasteiger partial charge in [-0.05, 0) is 37.5 Å². The van der Waals surface area contributed by atoms with Crippen LogP contribution in [0, 0.1) is 13.8 Å². The minimum atomic E-state index is 0.527. The van der Waals surface area contributed by atoms with Crippen LogP contribution in [-0.4, -0.2) is 20.9 Å². The lowest BCUT2D eigenvalue weighted by Gasteiger charge is -2.03. The van der Waals surface area contributed by atoms with E-state index in [1.54, 1.807) is 4.52 Å². The molecular formula is C15H15N3OS. The topological polar surface area (TPSA) is 47.3 Å². The van der Waals surface area contributed by atoms with Crippen molar-refractivity contribution >= 4 is 22.6 Å². The molecule has 3 rings (SSSR count). The SMILES string of the molecule is CCc1nn2c(C=O)c(-c3ccc(C)c(C)c3)nc2s1. The van der Waals surface area contributed by atoms with Crippen molar-refractivity contribution in [2.24, 2.45) is 0 Å². The molecule has 0 saturated carbocycles. The maximum absolute atomic E-state index is 11.4. The van der Waals surface area contributed by atoms with E-state index in [4.69, 9.17) is 0 Å². The van der Waals surface area contributed by atoms with E-state index < -0.39 is 0 Å². The molecule has 4 nitrogen and oxygen atoms in total. The van der Waals surface area contributed by atoms with Gasteiger partial charge in [0, 0.05) is 5.56 Å². The summed E-state index contributed by atoms with van der Waals surface area (Å²) in [7, 11) is 0. The fraction of sp³-hybridized carbons (Fsp3) is 0.267. The number of aryl methyl sites for hydroxylation is 3. The number of carbonyl (C=O) groups is 1. The van der Waals surface area contributed by atoms with E-state index in [0.717, 1.165) is 28.2 Å². The number of carbonyl (C=O) groups excluding carboxylic acids is 1. The molecule has 2 heterocycles. The monoisotopic (exact) mass is 285 g/mol. The fourth-order valence-corrected chi connectivity index (χ4v) is 2.99. The lowest BCUT2D eigenvalue weighted by molar-refractivity contribution is 0.111. The van der Waals surface area contributed by atoms with E-state index in [0.29, 0.717) is 11.4 Å². The Morgan fingerprint density at radius 2 is 2.10 bits per heavy atom. The van der Waals surface area contributed by atoms with E-state index in [2.05, 4.69) is 36.1 Å². The van der Waals surface area contributed by atoms with Crippen LogP contribution in [0.15, 0.2) is 18.2 Å². The van der Waals surface area contributed by atoms with Gasteiger partial charge in [0.1, 0.15) is 16.4 Å². The van der Waals surface area contributed by atoms with Crippen molar-refractivity contribution in [2.75, 3.05) is 0 Å². The number of fused-ring (bicyclic) bond motifs is 1. The van der Waals surface area contributed by atoms with Gasteiger partial charge < -0.3 is 0 Å². The zero-order chi connectivity index (χ0) is 14.3. The van der Waals surface area contributed by atoms with Crippen LogP contribution in [0.5, 0.6) is 0 Å². The number of nitrogens with zero attached hydrogens (tertiary/aromatic N) is 3. The second-order valence-electron chi connectivity index (χ2n) is 4.81. The van der Waals surface area contributed by atoms with Gasteiger partial charge in [-0.1, -0.05) is 30.4 Å². The van der Waals surface area contributed by atoms with Crippen LogP contribution in [0.3, 0.4) is 0 Å². The zero-order valence-electron chi connectivity index (χ0n) is 11.7. The van der Waals surface area contributed by atoms with Crippen LogP contribution in [0.2, 0.25) is 0 Å². The van der Waals surface area contributed by atoms with Gasteiger partial charge in [0.2, 0.25) is 4.96 Å². The van der Waals surface area contributed by atoms with Crippen molar-refractivity contribution in [3.05, 3.63) is 40.0 Å². The van der Waals surface area contributed by atoms with Gasteiger partial charge in [0.15, 0.2) is 6.29 Å². The van der Waals surface area contributed by atoms with Crippen molar-refractivity contribution in [3.8, 4) is 11.3 Å². The van der Waals surface area contributed by atoms with Crippen LogP contribution >= 0.6 is 11.3 Å². The van der Waals surface area contributed by atoms with Crippen LogP contribution in [0.1, 0.15) is 33.5 Å². The number of imidazole rings is 1. The smallest absolute Gasteiger partial charge is 0.213 e.